The number of urea groups is 1. The molecule has 2 heterocycles. The molecule has 8 heteroatoms. The first-order valence-electron chi connectivity index (χ1n) is 10.5. The Kier molecular flexibility index (Phi) is 6.54. The van der Waals surface area contributed by atoms with Gasteiger partial charge in [-0.1, -0.05) is 6.07 Å². The number of hydrogen-bond acceptors (Lipinski definition) is 5. The molecule has 2 aromatic heterocycles. The molecule has 0 saturated carbocycles. The quantitative estimate of drug-likeness (QED) is 0.434. The highest BCUT2D eigenvalue weighted by Gasteiger charge is 2.07. The number of rotatable bonds is 7. The predicted octanol–water partition coefficient (Wildman–Crippen LogP) is 4.62. The van der Waals surface area contributed by atoms with E-state index in [4.69, 9.17) is 9.47 Å². The van der Waals surface area contributed by atoms with E-state index < -0.39 is 0 Å². The molecule has 0 fully saturated rings. The second-order valence-electron chi connectivity index (χ2n) is 7.32. The Morgan fingerprint density at radius 1 is 0.939 bits per heavy atom. The lowest BCUT2D eigenvalue weighted by atomic mass is 10.3. The maximum absolute atomic E-state index is 12.3. The van der Waals surface area contributed by atoms with Crippen LogP contribution in [0.25, 0.3) is 5.65 Å². The van der Waals surface area contributed by atoms with E-state index in [0.717, 1.165) is 11.3 Å². The molecule has 33 heavy (non-hydrogen) atoms. The van der Waals surface area contributed by atoms with E-state index in [1.165, 1.54) is 10.5 Å². The van der Waals surface area contributed by atoms with Crippen LogP contribution in [-0.4, -0.2) is 22.0 Å². The lowest BCUT2D eigenvalue weighted by molar-refractivity contribution is 0.262. The Labute approximate surface area is 190 Å². The third-order valence-electron chi connectivity index (χ3n) is 4.86. The number of carbonyl (C=O) groups excluding carboxylic acids is 1. The Bertz CT molecular complexity index is 1320. The number of ether oxygens (including phenoxy) is 2. The number of fused-ring (bicyclic) bond motifs is 1. The SMILES string of the molecule is CCOc1ccc(NC(=O)Nc2ccc(OCc3cc(=O)n4cccc(C)c4n3)cc2)cc1. The van der Waals surface area contributed by atoms with Gasteiger partial charge in [-0.15, -0.1) is 0 Å². The summed E-state index contributed by atoms with van der Waals surface area (Å²) >= 11 is 0. The molecule has 4 rings (SSSR count). The standard InChI is InChI=1S/C25H24N4O4/c1-3-32-21-10-6-18(7-11-21)27-25(31)28-19-8-12-22(13-9-19)33-16-20-15-23(30)29-14-4-5-17(2)24(29)26-20/h4-15H,3,16H2,1-2H3,(H2,27,28,31). The number of nitrogens with zero attached hydrogens (tertiary/aromatic N) is 2. The second kappa shape index (κ2) is 9.86. The highest BCUT2D eigenvalue weighted by atomic mass is 16.5. The van der Waals surface area contributed by atoms with Crippen LogP contribution in [0, 0.1) is 6.92 Å². The van der Waals surface area contributed by atoms with Crippen LogP contribution in [-0.2, 0) is 6.61 Å². The Morgan fingerprint density at radius 2 is 1.55 bits per heavy atom. The number of benzene rings is 2. The number of aryl methyl sites for hydroxylation is 1. The average molecular weight is 444 g/mol. The molecule has 0 aliphatic rings. The van der Waals surface area contributed by atoms with Gasteiger partial charge in [0.25, 0.3) is 5.56 Å². The number of hydrogen-bond donors (Lipinski definition) is 2. The zero-order valence-electron chi connectivity index (χ0n) is 18.4. The molecule has 2 amide bonds. The minimum absolute atomic E-state index is 0.152. The first-order valence-corrected chi connectivity index (χ1v) is 10.5. The molecule has 8 nitrogen and oxygen atoms in total. The van der Waals surface area contributed by atoms with E-state index in [9.17, 15) is 9.59 Å². The van der Waals surface area contributed by atoms with E-state index in [1.807, 2.05) is 26.0 Å². The fourth-order valence-electron chi connectivity index (χ4n) is 3.27. The van der Waals surface area contributed by atoms with Gasteiger partial charge in [-0.25, -0.2) is 9.78 Å². The van der Waals surface area contributed by atoms with Crippen molar-refractivity contribution in [2.24, 2.45) is 0 Å². The molecule has 4 aromatic rings. The first-order chi connectivity index (χ1) is 16.0. The van der Waals surface area contributed by atoms with Crippen LogP contribution in [0.3, 0.4) is 0 Å². The minimum Gasteiger partial charge on any atom is -0.494 e. The van der Waals surface area contributed by atoms with Gasteiger partial charge in [-0.2, -0.15) is 0 Å². The van der Waals surface area contributed by atoms with Gasteiger partial charge >= 0.3 is 6.03 Å². The number of nitrogens with one attached hydrogen (secondary N) is 2. The summed E-state index contributed by atoms with van der Waals surface area (Å²) in [5, 5.41) is 5.54. The summed E-state index contributed by atoms with van der Waals surface area (Å²) in [6.45, 7) is 4.57. The van der Waals surface area contributed by atoms with Crippen molar-refractivity contribution in [2.75, 3.05) is 17.2 Å². The smallest absolute Gasteiger partial charge is 0.323 e. The lowest BCUT2D eigenvalue weighted by Crippen LogP contribution is -2.19. The van der Waals surface area contributed by atoms with Gasteiger partial charge < -0.3 is 20.1 Å². The first kappa shape index (κ1) is 21.9. The Balaban J connectivity index is 1.34. The second-order valence-corrected chi connectivity index (χ2v) is 7.32. The topological polar surface area (TPSA) is 94.0 Å². The fraction of sp³-hybridized carbons (Fsp3) is 0.160. The monoisotopic (exact) mass is 444 g/mol. The largest absolute Gasteiger partial charge is 0.494 e. The van der Waals surface area contributed by atoms with Crippen LogP contribution in [0.15, 0.2) is 77.7 Å². The van der Waals surface area contributed by atoms with E-state index in [-0.39, 0.29) is 18.2 Å². The van der Waals surface area contributed by atoms with Gasteiger partial charge in [0, 0.05) is 23.6 Å². The lowest BCUT2D eigenvalue weighted by Gasteiger charge is -2.10. The van der Waals surface area contributed by atoms with Crippen LogP contribution in [0.5, 0.6) is 11.5 Å². The molecule has 0 unspecified atom stereocenters. The summed E-state index contributed by atoms with van der Waals surface area (Å²) in [5.41, 5.74) is 3.19. The van der Waals surface area contributed by atoms with Crippen molar-refractivity contribution in [3.63, 3.8) is 0 Å². The van der Waals surface area contributed by atoms with E-state index >= 15 is 0 Å². The van der Waals surface area contributed by atoms with E-state index in [0.29, 0.717) is 35.1 Å². The third kappa shape index (κ3) is 5.48. The van der Waals surface area contributed by atoms with Crippen molar-refractivity contribution in [1.29, 1.82) is 0 Å². The van der Waals surface area contributed by atoms with E-state index in [2.05, 4.69) is 15.6 Å². The highest BCUT2D eigenvalue weighted by molar-refractivity contribution is 5.99. The number of amides is 2. The van der Waals surface area contributed by atoms with Crippen molar-refractivity contribution in [1.82, 2.24) is 9.38 Å². The molecular formula is C25H24N4O4. The van der Waals surface area contributed by atoms with Crippen LogP contribution < -0.4 is 25.7 Å². The van der Waals surface area contributed by atoms with Crippen molar-refractivity contribution >= 4 is 23.1 Å². The normalized spacial score (nSPS) is 10.6. The van der Waals surface area contributed by atoms with Crippen molar-refractivity contribution in [2.45, 2.75) is 20.5 Å². The molecule has 0 atom stereocenters. The maximum Gasteiger partial charge on any atom is 0.323 e. The summed E-state index contributed by atoms with van der Waals surface area (Å²) in [4.78, 5) is 29.1. The summed E-state index contributed by atoms with van der Waals surface area (Å²) in [6, 6.07) is 18.9. The molecule has 2 N–H and O–H groups in total. The van der Waals surface area contributed by atoms with Gasteiger partial charge in [0.2, 0.25) is 0 Å². The van der Waals surface area contributed by atoms with Crippen LogP contribution in [0.2, 0.25) is 0 Å². The van der Waals surface area contributed by atoms with Gasteiger partial charge in [0.1, 0.15) is 23.8 Å². The zero-order valence-corrected chi connectivity index (χ0v) is 18.4. The molecule has 0 radical (unpaired) electrons. The number of pyridine rings is 1. The molecule has 0 saturated heterocycles. The number of aromatic nitrogens is 2. The molecular weight excluding hydrogens is 420 g/mol. The van der Waals surface area contributed by atoms with Crippen LogP contribution in [0.1, 0.15) is 18.2 Å². The Hall–Kier alpha value is -4.33. The van der Waals surface area contributed by atoms with Gasteiger partial charge in [-0.3, -0.25) is 9.20 Å². The zero-order chi connectivity index (χ0) is 23.2. The van der Waals surface area contributed by atoms with Gasteiger partial charge in [0.05, 0.1) is 12.3 Å². The summed E-state index contributed by atoms with van der Waals surface area (Å²) in [7, 11) is 0. The molecule has 0 aliphatic heterocycles. The molecule has 0 aliphatic carbocycles. The van der Waals surface area contributed by atoms with Crippen molar-refractivity contribution in [3.8, 4) is 11.5 Å². The van der Waals surface area contributed by atoms with Crippen LogP contribution >= 0.6 is 0 Å². The maximum atomic E-state index is 12.3. The molecule has 0 bridgehead atoms. The third-order valence-corrected chi connectivity index (χ3v) is 4.86. The average Bonchev–Trinajstić information content (AvgIpc) is 2.81. The van der Waals surface area contributed by atoms with Crippen molar-refractivity contribution < 1.29 is 14.3 Å². The summed E-state index contributed by atoms with van der Waals surface area (Å²) in [6.07, 6.45) is 1.69. The number of carbonyl (C=O) groups is 1. The summed E-state index contributed by atoms with van der Waals surface area (Å²) < 4.78 is 12.7. The predicted molar refractivity (Wildman–Crippen MR) is 127 cm³/mol. The van der Waals surface area contributed by atoms with Crippen molar-refractivity contribution in [3.05, 3.63) is 94.5 Å². The van der Waals surface area contributed by atoms with Gasteiger partial charge in [-0.05, 0) is 74.0 Å². The van der Waals surface area contributed by atoms with E-state index in [1.54, 1.807) is 54.7 Å². The Morgan fingerprint density at radius 3 is 2.15 bits per heavy atom. The molecule has 2 aromatic carbocycles. The minimum atomic E-state index is -0.357. The van der Waals surface area contributed by atoms with Gasteiger partial charge in [0.15, 0.2) is 0 Å². The summed E-state index contributed by atoms with van der Waals surface area (Å²) in [5.74, 6) is 1.34. The van der Waals surface area contributed by atoms with Crippen LogP contribution in [0.4, 0.5) is 16.2 Å². The molecule has 168 valence electrons. The highest BCUT2D eigenvalue weighted by Crippen LogP contribution is 2.19. The molecule has 0 spiro atoms. The number of anilines is 2. The fourth-order valence-corrected chi connectivity index (χ4v) is 3.27.